The molecule has 112 valence electrons. The Balaban J connectivity index is 1.67. The lowest BCUT2D eigenvalue weighted by Crippen LogP contribution is -2.42. The van der Waals surface area contributed by atoms with Crippen LogP contribution >= 0.6 is 11.8 Å². The number of thioether (sulfide) groups is 1. The number of nitrogens with two attached hydrogens (primary N) is 1. The molecule has 3 heteroatoms. The summed E-state index contributed by atoms with van der Waals surface area (Å²) in [6.45, 7) is 3.54. The molecule has 2 nitrogen and oxygen atoms in total. The van der Waals surface area contributed by atoms with Crippen LogP contribution in [0.25, 0.3) is 0 Å². The van der Waals surface area contributed by atoms with Crippen molar-refractivity contribution in [3.63, 3.8) is 0 Å². The molecule has 1 aliphatic rings. The van der Waals surface area contributed by atoms with E-state index in [0.29, 0.717) is 6.04 Å². The highest BCUT2D eigenvalue weighted by Crippen LogP contribution is 2.21. The Morgan fingerprint density at radius 1 is 1.25 bits per heavy atom. The smallest absolute Gasteiger partial charge is 0.0175 e. The summed E-state index contributed by atoms with van der Waals surface area (Å²) >= 11 is 1.90. The first-order chi connectivity index (χ1) is 9.78. The summed E-state index contributed by atoms with van der Waals surface area (Å²) in [6.07, 6.45) is 7.19. The fourth-order valence-corrected chi connectivity index (χ4v) is 3.55. The van der Waals surface area contributed by atoms with Crippen molar-refractivity contribution in [1.29, 1.82) is 0 Å². The molecule has 0 saturated carbocycles. The average molecular weight is 292 g/mol. The molecule has 0 aliphatic carbocycles. The van der Waals surface area contributed by atoms with Crippen LogP contribution in [-0.4, -0.2) is 42.6 Å². The molecule has 0 amide bonds. The van der Waals surface area contributed by atoms with Crippen molar-refractivity contribution in [2.24, 2.45) is 11.7 Å². The number of rotatable bonds is 7. The van der Waals surface area contributed by atoms with E-state index in [2.05, 4.69) is 41.5 Å². The minimum Gasteiger partial charge on any atom is -0.327 e. The second-order valence-electron chi connectivity index (χ2n) is 5.98. The third-order valence-electron chi connectivity index (χ3n) is 4.26. The minimum absolute atomic E-state index is 0.355. The molecule has 0 unspecified atom stereocenters. The van der Waals surface area contributed by atoms with Gasteiger partial charge in [0.25, 0.3) is 0 Å². The van der Waals surface area contributed by atoms with Crippen LogP contribution in [0, 0.1) is 5.92 Å². The maximum atomic E-state index is 6.19. The first kappa shape index (κ1) is 15.9. The molecule has 1 aromatic rings. The summed E-state index contributed by atoms with van der Waals surface area (Å²) < 4.78 is 0. The van der Waals surface area contributed by atoms with Crippen LogP contribution in [0.5, 0.6) is 0 Å². The van der Waals surface area contributed by atoms with Gasteiger partial charge < -0.3 is 10.6 Å². The molecule has 2 rings (SSSR count). The van der Waals surface area contributed by atoms with Crippen molar-refractivity contribution in [2.75, 3.05) is 31.6 Å². The molecule has 0 radical (unpaired) electrons. The minimum atomic E-state index is 0.355. The highest BCUT2D eigenvalue weighted by molar-refractivity contribution is 7.98. The van der Waals surface area contributed by atoms with Crippen molar-refractivity contribution in [3.05, 3.63) is 35.9 Å². The predicted molar refractivity (Wildman–Crippen MR) is 90.3 cm³/mol. The van der Waals surface area contributed by atoms with E-state index < -0.39 is 0 Å². The van der Waals surface area contributed by atoms with Gasteiger partial charge in [0, 0.05) is 12.6 Å². The number of nitrogens with zero attached hydrogens (tertiary/aromatic N) is 1. The fraction of sp³-hybridized carbons (Fsp3) is 0.647. The van der Waals surface area contributed by atoms with Crippen LogP contribution < -0.4 is 5.73 Å². The van der Waals surface area contributed by atoms with Gasteiger partial charge >= 0.3 is 0 Å². The SMILES string of the molecule is CSCC[C@H](N)CN1CCC(Cc2ccccc2)CC1. The van der Waals surface area contributed by atoms with Crippen molar-refractivity contribution < 1.29 is 0 Å². The molecule has 0 bridgehead atoms. The summed E-state index contributed by atoms with van der Waals surface area (Å²) in [5, 5.41) is 0. The number of likely N-dealkylation sites (tertiary alicyclic amines) is 1. The molecule has 20 heavy (non-hydrogen) atoms. The molecular weight excluding hydrogens is 264 g/mol. The van der Waals surface area contributed by atoms with Gasteiger partial charge in [0.15, 0.2) is 0 Å². The van der Waals surface area contributed by atoms with E-state index in [1.165, 1.54) is 43.7 Å². The number of piperidine rings is 1. The molecule has 1 fully saturated rings. The van der Waals surface area contributed by atoms with E-state index in [1.54, 1.807) is 0 Å². The van der Waals surface area contributed by atoms with Gasteiger partial charge in [0.2, 0.25) is 0 Å². The zero-order valence-corrected chi connectivity index (χ0v) is 13.4. The first-order valence-corrected chi connectivity index (χ1v) is 9.18. The second kappa shape index (κ2) is 8.71. The average Bonchev–Trinajstić information content (AvgIpc) is 2.48. The standard InChI is InChI=1S/C17H28N2S/c1-20-12-9-17(18)14-19-10-7-16(8-11-19)13-15-5-3-2-4-6-15/h2-6,16-17H,7-14,18H2,1H3/t17-/m0/s1. The summed E-state index contributed by atoms with van der Waals surface area (Å²) in [6, 6.07) is 11.3. The van der Waals surface area contributed by atoms with Gasteiger partial charge in [-0.25, -0.2) is 0 Å². The van der Waals surface area contributed by atoms with Gasteiger partial charge in [-0.1, -0.05) is 30.3 Å². The van der Waals surface area contributed by atoms with Gasteiger partial charge in [-0.05, 0) is 62.3 Å². The monoisotopic (exact) mass is 292 g/mol. The highest BCUT2D eigenvalue weighted by Gasteiger charge is 2.20. The van der Waals surface area contributed by atoms with Gasteiger partial charge in [0.05, 0.1) is 0 Å². The molecule has 1 aromatic carbocycles. The zero-order valence-electron chi connectivity index (χ0n) is 12.6. The van der Waals surface area contributed by atoms with Crippen LogP contribution in [0.2, 0.25) is 0 Å². The summed E-state index contributed by atoms with van der Waals surface area (Å²) in [5.41, 5.74) is 7.68. The molecule has 1 saturated heterocycles. The molecule has 0 aromatic heterocycles. The van der Waals surface area contributed by atoms with Crippen molar-refractivity contribution in [2.45, 2.75) is 31.7 Å². The molecular formula is C17H28N2S. The largest absolute Gasteiger partial charge is 0.327 e. The number of hydrogen-bond acceptors (Lipinski definition) is 3. The number of hydrogen-bond donors (Lipinski definition) is 1. The van der Waals surface area contributed by atoms with Crippen LogP contribution in [0.4, 0.5) is 0 Å². The maximum Gasteiger partial charge on any atom is 0.0175 e. The number of benzene rings is 1. The van der Waals surface area contributed by atoms with E-state index in [-0.39, 0.29) is 0 Å². The lowest BCUT2D eigenvalue weighted by Gasteiger charge is -2.33. The van der Waals surface area contributed by atoms with Gasteiger partial charge in [-0.15, -0.1) is 0 Å². The molecule has 1 aliphatic heterocycles. The fourth-order valence-electron chi connectivity index (χ4n) is 3.01. The third-order valence-corrected chi connectivity index (χ3v) is 4.90. The van der Waals surface area contributed by atoms with E-state index in [1.807, 2.05) is 11.8 Å². The first-order valence-electron chi connectivity index (χ1n) is 7.78. The van der Waals surface area contributed by atoms with E-state index in [0.717, 1.165) is 18.9 Å². The van der Waals surface area contributed by atoms with Crippen LogP contribution in [0.15, 0.2) is 30.3 Å². The Hall–Kier alpha value is -0.510. The van der Waals surface area contributed by atoms with Crippen molar-refractivity contribution in [1.82, 2.24) is 4.90 Å². The Morgan fingerprint density at radius 2 is 1.95 bits per heavy atom. The van der Waals surface area contributed by atoms with Crippen molar-refractivity contribution in [3.8, 4) is 0 Å². The Labute approximate surface area is 128 Å². The van der Waals surface area contributed by atoms with Crippen LogP contribution in [-0.2, 0) is 6.42 Å². The normalized spacial score (nSPS) is 19.1. The second-order valence-corrected chi connectivity index (χ2v) is 6.96. The Bertz CT molecular complexity index is 361. The Morgan fingerprint density at radius 3 is 2.60 bits per heavy atom. The molecule has 0 spiro atoms. The molecule has 1 atom stereocenters. The van der Waals surface area contributed by atoms with E-state index >= 15 is 0 Å². The lowest BCUT2D eigenvalue weighted by molar-refractivity contribution is 0.174. The quantitative estimate of drug-likeness (QED) is 0.837. The van der Waals surface area contributed by atoms with Crippen molar-refractivity contribution >= 4 is 11.8 Å². The lowest BCUT2D eigenvalue weighted by atomic mass is 9.90. The topological polar surface area (TPSA) is 29.3 Å². The molecule has 1 heterocycles. The zero-order chi connectivity index (χ0) is 14.2. The van der Waals surface area contributed by atoms with Gasteiger partial charge in [-0.2, -0.15) is 11.8 Å². The Kier molecular flexibility index (Phi) is 6.91. The van der Waals surface area contributed by atoms with E-state index in [4.69, 9.17) is 5.73 Å². The third kappa shape index (κ3) is 5.47. The van der Waals surface area contributed by atoms with Gasteiger partial charge in [0.1, 0.15) is 0 Å². The van der Waals surface area contributed by atoms with Crippen LogP contribution in [0.1, 0.15) is 24.8 Å². The summed E-state index contributed by atoms with van der Waals surface area (Å²) in [4.78, 5) is 2.56. The predicted octanol–water partition coefficient (Wildman–Crippen LogP) is 3.02. The van der Waals surface area contributed by atoms with Crippen LogP contribution in [0.3, 0.4) is 0 Å². The highest BCUT2D eigenvalue weighted by atomic mass is 32.2. The summed E-state index contributed by atoms with van der Waals surface area (Å²) in [5.74, 6) is 2.04. The maximum absolute atomic E-state index is 6.19. The van der Waals surface area contributed by atoms with Gasteiger partial charge in [-0.3, -0.25) is 0 Å². The summed E-state index contributed by atoms with van der Waals surface area (Å²) in [7, 11) is 0. The van der Waals surface area contributed by atoms with E-state index in [9.17, 15) is 0 Å². The molecule has 2 N–H and O–H groups in total.